The number of imidazole rings is 1. The van der Waals surface area contributed by atoms with E-state index < -0.39 is 15.7 Å². The van der Waals surface area contributed by atoms with Gasteiger partial charge in [0.15, 0.2) is 0 Å². The molecule has 1 heterocycles. The topological polar surface area (TPSA) is 8.81 Å². The third-order valence-corrected chi connectivity index (χ3v) is 6.63. The monoisotopic (exact) mass is 468 g/mol. The Kier molecular flexibility index (Phi) is 7.05. The Morgan fingerprint density at radius 3 is 1.67 bits per heavy atom. The van der Waals surface area contributed by atoms with Gasteiger partial charge in [-0.3, -0.25) is 0 Å². The standard InChI is InChI=1S/C20H24N2P.F6P/c1-3-4-15-22-17-16-21(2)20(22)23(18-11-7-5-8-12-18)19-13-9-6-10-14-19;1-7(2,3,4,5)6/h5-14,16-17H,3-4,15H2,1-2H3;/q+1;-1. The zero-order chi connectivity index (χ0) is 22.5. The van der Waals surface area contributed by atoms with Crippen molar-refractivity contribution < 1.29 is 29.7 Å². The molecule has 0 saturated heterocycles. The summed E-state index contributed by atoms with van der Waals surface area (Å²) in [5.41, 5.74) is 1.41. The van der Waals surface area contributed by atoms with Crippen LogP contribution in [-0.2, 0) is 13.6 Å². The van der Waals surface area contributed by atoms with Crippen LogP contribution in [0.2, 0.25) is 0 Å². The van der Waals surface area contributed by atoms with Crippen LogP contribution in [0.1, 0.15) is 19.8 Å². The molecule has 3 aromatic rings. The molecular formula is C20H24F6N2P2. The predicted molar refractivity (Wildman–Crippen MR) is 113 cm³/mol. The molecule has 10 heteroatoms. The van der Waals surface area contributed by atoms with Crippen LogP contribution in [-0.4, -0.2) is 4.57 Å². The number of hydrogen-bond acceptors (Lipinski definition) is 0. The summed E-state index contributed by atoms with van der Waals surface area (Å²) < 4.78 is 63.9. The fourth-order valence-corrected chi connectivity index (χ4v) is 5.35. The van der Waals surface area contributed by atoms with Crippen molar-refractivity contribution in [3.8, 4) is 0 Å². The molecule has 0 aliphatic rings. The van der Waals surface area contributed by atoms with Crippen LogP contribution in [0, 0.1) is 0 Å². The molecule has 0 saturated carbocycles. The molecule has 30 heavy (non-hydrogen) atoms. The summed E-state index contributed by atoms with van der Waals surface area (Å²) in [5.74, 6) is 0. The SMILES string of the molecule is CCCCn1cc[n+](C)c1P(c1ccccc1)c1ccccc1.F[P-](F)(F)(F)(F)F. The predicted octanol–water partition coefficient (Wildman–Crippen LogP) is 6.25. The van der Waals surface area contributed by atoms with Crippen molar-refractivity contribution in [2.45, 2.75) is 26.3 Å². The number of hydrogen-bond donors (Lipinski definition) is 0. The summed E-state index contributed by atoms with van der Waals surface area (Å²) >= 11 is 0. The van der Waals surface area contributed by atoms with Gasteiger partial charge in [-0.2, -0.15) is 0 Å². The van der Waals surface area contributed by atoms with E-state index >= 15 is 0 Å². The first kappa shape index (κ1) is 24.4. The third kappa shape index (κ3) is 8.85. The van der Waals surface area contributed by atoms with Gasteiger partial charge < -0.3 is 0 Å². The third-order valence-electron chi connectivity index (χ3n) is 4.02. The van der Waals surface area contributed by atoms with E-state index in [-0.39, 0.29) is 0 Å². The van der Waals surface area contributed by atoms with E-state index in [4.69, 9.17) is 0 Å². The number of aryl methyl sites for hydroxylation is 2. The molecule has 0 atom stereocenters. The van der Waals surface area contributed by atoms with Gasteiger partial charge in [0.1, 0.15) is 12.4 Å². The fraction of sp³-hybridized carbons (Fsp3) is 0.250. The van der Waals surface area contributed by atoms with E-state index in [1.54, 1.807) is 0 Å². The minimum atomic E-state index is -10.7. The summed E-state index contributed by atoms with van der Waals surface area (Å²) in [5, 5.41) is 2.81. The van der Waals surface area contributed by atoms with Crippen molar-refractivity contribution >= 4 is 31.9 Å². The summed E-state index contributed by atoms with van der Waals surface area (Å²) in [6.07, 6.45) is 6.85. The minimum absolute atomic E-state index is 0.541. The summed E-state index contributed by atoms with van der Waals surface area (Å²) in [6.45, 7) is 3.34. The van der Waals surface area contributed by atoms with E-state index in [0.717, 1.165) is 6.54 Å². The van der Waals surface area contributed by atoms with Crippen molar-refractivity contribution in [1.82, 2.24) is 4.57 Å². The molecule has 0 bridgehead atoms. The molecule has 0 aliphatic carbocycles. The first-order valence-electron chi connectivity index (χ1n) is 9.27. The van der Waals surface area contributed by atoms with Gasteiger partial charge in [-0.15, -0.1) is 0 Å². The molecule has 0 radical (unpaired) electrons. The van der Waals surface area contributed by atoms with Gasteiger partial charge in [0, 0.05) is 0 Å². The summed E-state index contributed by atoms with van der Waals surface area (Å²) in [4.78, 5) is 0. The average molecular weight is 468 g/mol. The number of benzene rings is 2. The molecule has 0 N–H and O–H groups in total. The first-order chi connectivity index (χ1) is 13.8. The Labute approximate surface area is 173 Å². The van der Waals surface area contributed by atoms with E-state index in [1.807, 2.05) is 0 Å². The van der Waals surface area contributed by atoms with E-state index in [0.29, 0.717) is 0 Å². The molecule has 0 fully saturated rings. The first-order valence-corrected chi connectivity index (χ1v) is 12.6. The van der Waals surface area contributed by atoms with E-state index in [2.05, 4.69) is 96.2 Å². The second kappa shape index (κ2) is 8.68. The van der Waals surface area contributed by atoms with E-state index in [1.165, 1.54) is 29.0 Å². The summed E-state index contributed by atoms with van der Waals surface area (Å²) in [7, 11) is -9.03. The Morgan fingerprint density at radius 2 is 1.27 bits per heavy atom. The van der Waals surface area contributed by atoms with Crippen LogP contribution in [0.25, 0.3) is 0 Å². The summed E-state index contributed by atoms with van der Waals surface area (Å²) in [6, 6.07) is 21.8. The Morgan fingerprint density at radius 1 is 0.833 bits per heavy atom. The van der Waals surface area contributed by atoms with Crippen LogP contribution >= 0.6 is 15.7 Å². The van der Waals surface area contributed by atoms with Gasteiger partial charge in [0.25, 0.3) is 5.57 Å². The maximum atomic E-state index is 9.87. The van der Waals surface area contributed by atoms with Crippen LogP contribution in [0.5, 0.6) is 0 Å². The molecule has 2 nitrogen and oxygen atoms in total. The van der Waals surface area contributed by atoms with Crippen LogP contribution in [0.3, 0.4) is 0 Å². The molecular weight excluding hydrogens is 444 g/mol. The Bertz CT molecular complexity index is 891. The van der Waals surface area contributed by atoms with Gasteiger partial charge >= 0.3 is 33.0 Å². The molecule has 0 spiro atoms. The maximum absolute atomic E-state index is 10.7. The molecule has 1 aromatic heterocycles. The van der Waals surface area contributed by atoms with Crippen molar-refractivity contribution in [3.05, 3.63) is 73.1 Å². The number of unbranched alkanes of at least 4 members (excludes halogenated alkanes) is 1. The van der Waals surface area contributed by atoms with Crippen molar-refractivity contribution in [2.24, 2.45) is 7.05 Å². The number of aromatic nitrogens is 2. The Hall–Kier alpha value is -1.91. The van der Waals surface area contributed by atoms with Crippen molar-refractivity contribution in [3.63, 3.8) is 0 Å². The average Bonchev–Trinajstić information content (AvgIpc) is 3.00. The van der Waals surface area contributed by atoms with Gasteiger partial charge in [-0.05, 0) is 17.0 Å². The van der Waals surface area contributed by atoms with Crippen molar-refractivity contribution in [2.75, 3.05) is 0 Å². The fourth-order valence-electron chi connectivity index (χ4n) is 2.84. The van der Waals surface area contributed by atoms with Crippen LogP contribution < -0.4 is 20.7 Å². The molecule has 3 rings (SSSR count). The molecule has 0 unspecified atom stereocenters. The van der Waals surface area contributed by atoms with Gasteiger partial charge in [-0.25, -0.2) is 9.13 Å². The Balaban J connectivity index is 0.000000396. The number of nitrogens with zero attached hydrogens (tertiary/aromatic N) is 2. The van der Waals surface area contributed by atoms with Crippen LogP contribution in [0.15, 0.2) is 73.1 Å². The molecule has 0 amide bonds. The van der Waals surface area contributed by atoms with Crippen molar-refractivity contribution in [1.29, 1.82) is 0 Å². The quantitative estimate of drug-likeness (QED) is 0.230. The molecule has 0 aliphatic heterocycles. The molecule has 166 valence electrons. The van der Waals surface area contributed by atoms with Gasteiger partial charge in [0.2, 0.25) is 0 Å². The zero-order valence-corrected chi connectivity index (χ0v) is 18.4. The number of rotatable bonds is 6. The molecule has 2 aromatic carbocycles. The van der Waals surface area contributed by atoms with Gasteiger partial charge in [-0.1, -0.05) is 74.0 Å². The normalized spacial score (nSPS) is 13.9. The second-order valence-electron chi connectivity index (χ2n) is 6.72. The number of halogens is 6. The van der Waals surface area contributed by atoms with E-state index in [9.17, 15) is 25.2 Å². The zero-order valence-electron chi connectivity index (χ0n) is 16.6. The van der Waals surface area contributed by atoms with Gasteiger partial charge in [0.05, 0.1) is 21.5 Å². The second-order valence-corrected chi connectivity index (χ2v) is 10.7. The van der Waals surface area contributed by atoms with Crippen LogP contribution in [0.4, 0.5) is 25.2 Å².